The van der Waals surface area contributed by atoms with Crippen LogP contribution in [-0.2, 0) is 20.7 Å². The summed E-state index contributed by atoms with van der Waals surface area (Å²) >= 11 is 0. The Morgan fingerprint density at radius 3 is 2.52 bits per heavy atom. The maximum absolute atomic E-state index is 11.6. The van der Waals surface area contributed by atoms with Crippen LogP contribution < -0.4 is 0 Å². The lowest BCUT2D eigenvalue weighted by molar-refractivity contribution is -0.160. The molecule has 0 spiro atoms. The molecule has 0 aliphatic heterocycles. The average molecular weight is 292 g/mol. The number of aliphatic carboxylic acids is 1. The van der Waals surface area contributed by atoms with Crippen molar-refractivity contribution in [1.29, 1.82) is 0 Å². The van der Waals surface area contributed by atoms with Crippen molar-refractivity contribution in [3.63, 3.8) is 0 Å². The van der Waals surface area contributed by atoms with Crippen LogP contribution in [0.2, 0.25) is 0 Å². The van der Waals surface area contributed by atoms with Gasteiger partial charge in [0, 0.05) is 12.5 Å². The minimum atomic E-state index is -1.28. The molecule has 21 heavy (non-hydrogen) atoms. The van der Waals surface area contributed by atoms with E-state index in [4.69, 9.17) is 9.84 Å². The van der Waals surface area contributed by atoms with Crippen LogP contribution in [0.15, 0.2) is 30.4 Å². The van der Waals surface area contributed by atoms with Gasteiger partial charge in [0.05, 0.1) is 0 Å². The Kier molecular flexibility index (Phi) is 5.96. The number of hydrogen-bond donors (Lipinski definition) is 2. The number of esters is 1. The lowest BCUT2D eigenvalue weighted by Gasteiger charge is -2.13. The number of carboxylic acids is 1. The zero-order valence-electron chi connectivity index (χ0n) is 12.4. The van der Waals surface area contributed by atoms with Crippen molar-refractivity contribution >= 4 is 11.9 Å². The van der Waals surface area contributed by atoms with E-state index in [0.29, 0.717) is 11.1 Å². The Bertz CT molecular complexity index is 546. The van der Waals surface area contributed by atoms with Crippen molar-refractivity contribution < 1.29 is 24.5 Å². The minimum Gasteiger partial charge on any atom is -0.508 e. The summed E-state index contributed by atoms with van der Waals surface area (Å²) in [6.45, 7) is 5.53. The summed E-state index contributed by atoms with van der Waals surface area (Å²) < 4.78 is 4.93. The molecule has 0 saturated heterocycles. The maximum atomic E-state index is 11.6. The fraction of sp³-hybridized carbons (Fsp3) is 0.375. The van der Waals surface area contributed by atoms with Crippen LogP contribution in [0.25, 0.3) is 0 Å². The van der Waals surface area contributed by atoms with Crippen molar-refractivity contribution in [2.24, 2.45) is 5.92 Å². The summed E-state index contributed by atoms with van der Waals surface area (Å²) in [5, 5.41) is 18.7. The van der Waals surface area contributed by atoms with Crippen molar-refractivity contribution in [3.8, 4) is 5.75 Å². The van der Waals surface area contributed by atoms with Gasteiger partial charge in [-0.1, -0.05) is 32.1 Å². The Morgan fingerprint density at radius 2 is 2.00 bits per heavy atom. The predicted octanol–water partition coefficient (Wildman–Crippen LogP) is 2.45. The zero-order chi connectivity index (χ0) is 16.0. The second-order valence-electron chi connectivity index (χ2n) is 5.19. The molecular formula is C16H20O5. The van der Waals surface area contributed by atoms with E-state index in [1.807, 2.05) is 13.8 Å². The number of hydrogen-bond acceptors (Lipinski definition) is 4. The number of carbonyl (C=O) groups is 2. The van der Waals surface area contributed by atoms with Crippen molar-refractivity contribution in [2.75, 3.05) is 0 Å². The fourth-order valence-corrected chi connectivity index (χ4v) is 1.63. The molecule has 0 heterocycles. The standard InChI is InChI=1S/C16H20O5/c1-10(2)4-7-15(18)21-14(16(19)20)9-12-6-5-11(3)13(17)8-12/h4-8,10,14,17H,9H2,1-3H3,(H,19,20)/b7-4+. The van der Waals surface area contributed by atoms with Gasteiger partial charge in [0.25, 0.3) is 0 Å². The molecule has 1 unspecified atom stereocenters. The highest BCUT2D eigenvalue weighted by Gasteiger charge is 2.22. The number of aromatic hydroxyl groups is 1. The molecule has 0 saturated carbocycles. The van der Waals surface area contributed by atoms with Gasteiger partial charge in [0.15, 0.2) is 0 Å². The summed E-state index contributed by atoms with van der Waals surface area (Å²) in [6, 6.07) is 4.86. The molecule has 5 nitrogen and oxygen atoms in total. The highest BCUT2D eigenvalue weighted by molar-refractivity contribution is 5.85. The van der Waals surface area contributed by atoms with Gasteiger partial charge in [-0.25, -0.2) is 9.59 Å². The Labute approximate surface area is 123 Å². The molecular weight excluding hydrogens is 272 g/mol. The number of benzene rings is 1. The molecule has 5 heteroatoms. The van der Waals surface area contributed by atoms with E-state index in [2.05, 4.69) is 0 Å². The topological polar surface area (TPSA) is 83.8 Å². The normalized spacial score (nSPS) is 12.6. The predicted molar refractivity (Wildman–Crippen MR) is 78.0 cm³/mol. The average Bonchev–Trinajstić information content (AvgIpc) is 2.39. The number of phenols is 1. The first-order valence-electron chi connectivity index (χ1n) is 6.69. The summed E-state index contributed by atoms with van der Waals surface area (Å²) in [6.07, 6.45) is 1.59. The number of rotatable bonds is 6. The molecule has 1 atom stereocenters. The number of carbonyl (C=O) groups excluding carboxylic acids is 1. The summed E-state index contributed by atoms with van der Waals surface area (Å²) in [5.41, 5.74) is 1.29. The number of allylic oxidation sites excluding steroid dienone is 1. The van der Waals surface area contributed by atoms with Gasteiger partial charge in [0.2, 0.25) is 6.10 Å². The van der Waals surface area contributed by atoms with Gasteiger partial charge >= 0.3 is 11.9 Å². The van der Waals surface area contributed by atoms with E-state index in [1.165, 1.54) is 12.1 Å². The van der Waals surface area contributed by atoms with E-state index >= 15 is 0 Å². The van der Waals surface area contributed by atoms with Gasteiger partial charge in [-0.2, -0.15) is 0 Å². The minimum absolute atomic E-state index is 0.00440. The van der Waals surface area contributed by atoms with Crippen LogP contribution in [-0.4, -0.2) is 28.3 Å². The van der Waals surface area contributed by atoms with E-state index in [9.17, 15) is 14.7 Å². The molecule has 1 aromatic rings. The number of aryl methyl sites for hydroxylation is 1. The Balaban J connectivity index is 2.76. The largest absolute Gasteiger partial charge is 0.508 e. The summed E-state index contributed by atoms with van der Waals surface area (Å²) in [7, 11) is 0. The Morgan fingerprint density at radius 1 is 1.33 bits per heavy atom. The monoisotopic (exact) mass is 292 g/mol. The molecule has 0 radical (unpaired) electrons. The zero-order valence-corrected chi connectivity index (χ0v) is 12.4. The van der Waals surface area contributed by atoms with Crippen LogP contribution in [0.3, 0.4) is 0 Å². The lowest BCUT2D eigenvalue weighted by Crippen LogP contribution is -2.28. The van der Waals surface area contributed by atoms with Crippen molar-refractivity contribution in [2.45, 2.75) is 33.3 Å². The van der Waals surface area contributed by atoms with Gasteiger partial charge < -0.3 is 14.9 Å². The van der Waals surface area contributed by atoms with Crippen LogP contribution in [0.1, 0.15) is 25.0 Å². The van der Waals surface area contributed by atoms with Gasteiger partial charge in [-0.15, -0.1) is 0 Å². The number of ether oxygens (including phenoxy) is 1. The Hall–Kier alpha value is -2.30. The molecule has 0 aliphatic carbocycles. The fourth-order valence-electron chi connectivity index (χ4n) is 1.63. The number of carboxylic acid groups (broad SMARTS) is 1. The van der Waals surface area contributed by atoms with Crippen LogP contribution >= 0.6 is 0 Å². The van der Waals surface area contributed by atoms with Gasteiger partial charge in [-0.05, 0) is 30.0 Å². The molecule has 2 N–H and O–H groups in total. The van der Waals surface area contributed by atoms with Crippen LogP contribution in [0, 0.1) is 12.8 Å². The van der Waals surface area contributed by atoms with Crippen LogP contribution in [0.5, 0.6) is 5.75 Å². The van der Waals surface area contributed by atoms with E-state index in [0.717, 1.165) is 0 Å². The molecule has 114 valence electrons. The molecule has 0 fully saturated rings. The highest BCUT2D eigenvalue weighted by Crippen LogP contribution is 2.19. The summed E-state index contributed by atoms with van der Waals surface area (Å²) in [4.78, 5) is 22.7. The van der Waals surface area contributed by atoms with Crippen molar-refractivity contribution in [1.82, 2.24) is 0 Å². The second kappa shape index (κ2) is 7.47. The third-order valence-electron chi connectivity index (χ3n) is 2.85. The lowest BCUT2D eigenvalue weighted by atomic mass is 10.1. The quantitative estimate of drug-likeness (QED) is 0.621. The van der Waals surface area contributed by atoms with E-state index in [1.54, 1.807) is 25.1 Å². The molecule has 0 bridgehead atoms. The van der Waals surface area contributed by atoms with Crippen LogP contribution in [0.4, 0.5) is 0 Å². The number of phenolic OH excluding ortho intramolecular Hbond substituents is 1. The van der Waals surface area contributed by atoms with Crippen molar-refractivity contribution in [3.05, 3.63) is 41.5 Å². The second-order valence-corrected chi connectivity index (χ2v) is 5.19. The third-order valence-corrected chi connectivity index (χ3v) is 2.85. The summed E-state index contributed by atoms with van der Waals surface area (Å²) in [5.74, 6) is -1.65. The molecule has 0 amide bonds. The third kappa shape index (κ3) is 5.69. The first kappa shape index (κ1) is 16.8. The SMILES string of the molecule is Cc1ccc(CC(OC(=O)/C=C/C(C)C)C(=O)O)cc1O. The highest BCUT2D eigenvalue weighted by atomic mass is 16.6. The molecule has 0 aromatic heterocycles. The van der Waals surface area contributed by atoms with Gasteiger partial charge in [0.1, 0.15) is 5.75 Å². The van der Waals surface area contributed by atoms with Gasteiger partial charge in [-0.3, -0.25) is 0 Å². The molecule has 1 rings (SSSR count). The van der Waals surface area contributed by atoms with E-state index in [-0.39, 0.29) is 18.1 Å². The first-order valence-corrected chi connectivity index (χ1v) is 6.69. The molecule has 1 aromatic carbocycles. The first-order chi connectivity index (χ1) is 9.79. The van der Waals surface area contributed by atoms with E-state index < -0.39 is 18.0 Å². The smallest absolute Gasteiger partial charge is 0.345 e. The maximum Gasteiger partial charge on any atom is 0.345 e. The molecule has 0 aliphatic rings.